The Kier molecular flexibility index (Phi) is 4.39. The molecule has 3 rings (SSSR count). The predicted molar refractivity (Wildman–Crippen MR) is 83.4 cm³/mol. The van der Waals surface area contributed by atoms with Crippen LogP contribution in [-0.2, 0) is 6.54 Å². The van der Waals surface area contributed by atoms with Crippen molar-refractivity contribution in [2.45, 2.75) is 25.3 Å². The number of nitrogens with one attached hydrogen (secondary N) is 2. The van der Waals surface area contributed by atoms with E-state index in [1.165, 1.54) is 6.26 Å². The maximum atomic E-state index is 12.1. The standard InChI is InChI=1S/C16H20N4O2/c17-13-4-2-1-3-12(13)9-19-15(21)14-10-22-16(20-14)11-5-7-18-8-6-11/h1-4,10-11,18H,5-9,17H2,(H,19,21). The molecule has 6 nitrogen and oxygen atoms in total. The molecule has 0 radical (unpaired) electrons. The number of carbonyl (C=O) groups is 1. The third kappa shape index (κ3) is 3.28. The van der Waals surface area contributed by atoms with Gasteiger partial charge in [0, 0.05) is 18.2 Å². The molecule has 0 saturated carbocycles. The molecular weight excluding hydrogens is 280 g/mol. The van der Waals surface area contributed by atoms with E-state index in [9.17, 15) is 4.79 Å². The second-order valence-electron chi connectivity index (χ2n) is 5.48. The van der Waals surface area contributed by atoms with Gasteiger partial charge in [-0.15, -0.1) is 0 Å². The molecule has 1 saturated heterocycles. The summed E-state index contributed by atoms with van der Waals surface area (Å²) in [7, 11) is 0. The summed E-state index contributed by atoms with van der Waals surface area (Å²) in [6.07, 6.45) is 3.41. The van der Waals surface area contributed by atoms with Crippen molar-refractivity contribution in [3.05, 3.63) is 47.7 Å². The van der Waals surface area contributed by atoms with Gasteiger partial charge in [-0.3, -0.25) is 4.79 Å². The lowest BCUT2D eigenvalue weighted by molar-refractivity contribution is 0.0946. The summed E-state index contributed by atoms with van der Waals surface area (Å²) >= 11 is 0. The maximum absolute atomic E-state index is 12.1. The Bertz CT molecular complexity index is 647. The number of anilines is 1. The minimum absolute atomic E-state index is 0.243. The van der Waals surface area contributed by atoms with Crippen LogP contribution in [0.4, 0.5) is 5.69 Å². The van der Waals surface area contributed by atoms with Gasteiger partial charge in [-0.2, -0.15) is 0 Å². The van der Waals surface area contributed by atoms with Crippen LogP contribution in [0, 0.1) is 0 Å². The molecule has 0 aliphatic carbocycles. The van der Waals surface area contributed by atoms with Crippen molar-refractivity contribution in [1.82, 2.24) is 15.6 Å². The molecule has 1 aliphatic heterocycles. The van der Waals surface area contributed by atoms with Gasteiger partial charge in [0.15, 0.2) is 11.6 Å². The van der Waals surface area contributed by atoms with E-state index in [2.05, 4.69) is 15.6 Å². The Balaban J connectivity index is 1.61. The van der Waals surface area contributed by atoms with Crippen LogP contribution in [0.5, 0.6) is 0 Å². The van der Waals surface area contributed by atoms with Gasteiger partial charge in [-0.05, 0) is 37.6 Å². The van der Waals surface area contributed by atoms with Crippen molar-refractivity contribution >= 4 is 11.6 Å². The first-order chi connectivity index (χ1) is 10.7. The number of carbonyl (C=O) groups excluding carboxylic acids is 1. The van der Waals surface area contributed by atoms with Crippen molar-refractivity contribution in [1.29, 1.82) is 0 Å². The van der Waals surface area contributed by atoms with E-state index in [0.29, 0.717) is 29.7 Å². The van der Waals surface area contributed by atoms with Crippen LogP contribution in [0.15, 0.2) is 34.9 Å². The maximum Gasteiger partial charge on any atom is 0.273 e. The third-order valence-corrected chi connectivity index (χ3v) is 3.94. The lowest BCUT2D eigenvalue weighted by atomic mass is 9.98. The van der Waals surface area contributed by atoms with Crippen LogP contribution in [0.2, 0.25) is 0 Å². The number of nitrogens with two attached hydrogens (primary N) is 1. The summed E-state index contributed by atoms with van der Waals surface area (Å²) in [5, 5.41) is 6.12. The highest BCUT2D eigenvalue weighted by Gasteiger charge is 2.21. The number of benzene rings is 1. The number of nitrogen functional groups attached to an aromatic ring is 1. The minimum Gasteiger partial charge on any atom is -0.448 e. The zero-order valence-electron chi connectivity index (χ0n) is 12.3. The van der Waals surface area contributed by atoms with E-state index in [1.54, 1.807) is 0 Å². The van der Waals surface area contributed by atoms with E-state index in [0.717, 1.165) is 31.5 Å². The van der Waals surface area contributed by atoms with E-state index in [4.69, 9.17) is 10.2 Å². The number of rotatable bonds is 4. The molecule has 6 heteroatoms. The van der Waals surface area contributed by atoms with E-state index >= 15 is 0 Å². The third-order valence-electron chi connectivity index (χ3n) is 3.94. The van der Waals surface area contributed by atoms with Gasteiger partial charge in [0.25, 0.3) is 5.91 Å². The first-order valence-electron chi connectivity index (χ1n) is 7.52. The fourth-order valence-electron chi connectivity index (χ4n) is 2.61. The van der Waals surface area contributed by atoms with Crippen LogP contribution in [-0.4, -0.2) is 24.0 Å². The number of amides is 1. The quantitative estimate of drug-likeness (QED) is 0.747. The van der Waals surface area contributed by atoms with Gasteiger partial charge >= 0.3 is 0 Å². The number of hydrogen-bond donors (Lipinski definition) is 3. The Morgan fingerprint density at radius 2 is 2.14 bits per heavy atom. The first kappa shape index (κ1) is 14.6. The van der Waals surface area contributed by atoms with Crippen molar-refractivity contribution in [2.75, 3.05) is 18.8 Å². The number of piperidine rings is 1. The summed E-state index contributed by atoms with van der Waals surface area (Å²) in [5.74, 6) is 0.714. The molecular formula is C16H20N4O2. The fourth-order valence-corrected chi connectivity index (χ4v) is 2.61. The van der Waals surface area contributed by atoms with Crippen molar-refractivity contribution in [3.8, 4) is 0 Å². The monoisotopic (exact) mass is 300 g/mol. The lowest BCUT2D eigenvalue weighted by Gasteiger charge is -2.19. The molecule has 0 spiro atoms. The Morgan fingerprint density at radius 1 is 1.36 bits per heavy atom. The molecule has 4 N–H and O–H groups in total. The van der Waals surface area contributed by atoms with E-state index < -0.39 is 0 Å². The van der Waals surface area contributed by atoms with Gasteiger partial charge in [-0.1, -0.05) is 18.2 Å². The molecule has 116 valence electrons. The minimum atomic E-state index is -0.243. The van der Waals surface area contributed by atoms with Gasteiger partial charge in [0.1, 0.15) is 6.26 Å². The van der Waals surface area contributed by atoms with Gasteiger partial charge in [0.05, 0.1) is 0 Å². The molecule has 22 heavy (non-hydrogen) atoms. The smallest absolute Gasteiger partial charge is 0.273 e. The summed E-state index contributed by atoms with van der Waals surface area (Å²) in [6, 6.07) is 7.46. The number of oxazole rings is 1. The summed E-state index contributed by atoms with van der Waals surface area (Å²) in [4.78, 5) is 16.5. The highest BCUT2D eigenvalue weighted by Crippen LogP contribution is 2.24. The lowest BCUT2D eigenvalue weighted by Crippen LogP contribution is -2.27. The van der Waals surface area contributed by atoms with Crippen LogP contribution in [0.25, 0.3) is 0 Å². The normalized spacial score (nSPS) is 15.6. The van der Waals surface area contributed by atoms with Gasteiger partial charge < -0.3 is 20.8 Å². The molecule has 0 unspecified atom stereocenters. The number of para-hydroxylation sites is 1. The van der Waals surface area contributed by atoms with Crippen molar-refractivity contribution < 1.29 is 9.21 Å². The molecule has 2 aromatic rings. The van der Waals surface area contributed by atoms with Crippen LogP contribution >= 0.6 is 0 Å². The fraction of sp³-hybridized carbons (Fsp3) is 0.375. The highest BCUT2D eigenvalue weighted by molar-refractivity contribution is 5.91. The van der Waals surface area contributed by atoms with Crippen LogP contribution in [0.1, 0.15) is 40.7 Å². The molecule has 0 bridgehead atoms. The van der Waals surface area contributed by atoms with Crippen molar-refractivity contribution in [2.24, 2.45) is 0 Å². The number of hydrogen-bond acceptors (Lipinski definition) is 5. The molecule has 2 heterocycles. The molecule has 1 aliphatic rings. The second-order valence-corrected chi connectivity index (χ2v) is 5.48. The molecule has 1 amide bonds. The average Bonchev–Trinajstić information content (AvgIpc) is 3.05. The second kappa shape index (κ2) is 6.62. The Morgan fingerprint density at radius 3 is 2.91 bits per heavy atom. The van der Waals surface area contributed by atoms with Gasteiger partial charge in [-0.25, -0.2) is 4.98 Å². The zero-order valence-corrected chi connectivity index (χ0v) is 12.3. The summed E-state index contributed by atoms with van der Waals surface area (Å²) < 4.78 is 5.48. The molecule has 1 aromatic carbocycles. The highest BCUT2D eigenvalue weighted by atomic mass is 16.3. The summed E-state index contributed by atoms with van der Waals surface area (Å²) in [5.41, 5.74) is 7.73. The first-order valence-corrected chi connectivity index (χ1v) is 7.52. The topological polar surface area (TPSA) is 93.2 Å². The molecule has 0 atom stereocenters. The largest absolute Gasteiger partial charge is 0.448 e. The zero-order chi connectivity index (χ0) is 15.4. The average molecular weight is 300 g/mol. The number of aromatic nitrogens is 1. The number of nitrogens with zero attached hydrogens (tertiary/aromatic N) is 1. The molecule has 1 fully saturated rings. The van der Waals surface area contributed by atoms with Crippen molar-refractivity contribution in [3.63, 3.8) is 0 Å². The van der Waals surface area contributed by atoms with Gasteiger partial charge in [0.2, 0.25) is 0 Å². The summed E-state index contributed by atoms with van der Waals surface area (Å²) in [6.45, 7) is 2.30. The Hall–Kier alpha value is -2.34. The Labute approximate surface area is 129 Å². The molecule has 1 aromatic heterocycles. The van der Waals surface area contributed by atoms with Crippen LogP contribution in [0.3, 0.4) is 0 Å². The predicted octanol–water partition coefficient (Wildman–Crippen LogP) is 1.65. The SMILES string of the molecule is Nc1ccccc1CNC(=O)c1coc(C2CCNCC2)n1. The van der Waals surface area contributed by atoms with Crippen LogP contribution < -0.4 is 16.4 Å². The van der Waals surface area contributed by atoms with E-state index in [1.807, 2.05) is 24.3 Å². The van der Waals surface area contributed by atoms with E-state index in [-0.39, 0.29) is 5.91 Å².